The average molecular weight is 301 g/mol. The highest BCUT2D eigenvalue weighted by Gasteiger charge is 2.31. The topological polar surface area (TPSA) is 119 Å². The van der Waals surface area contributed by atoms with Gasteiger partial charge in [-0.15, -0.1) is 0 Å². The van der Waals surface area contributed by atoms with Crippen molar-refractivity contribution in [3.63, 3.8) is 0 Å². The summed E-state index contributed by atoms with van der Waals surface area (Å²) in [5.41, 5.74) is 2.63. The van der Waals surface area contributed by atoms with E-state index in [0.717, 1.165) is 0 Å². The Morgan fingerprint density at radius 1 is 1.29 bits per heavy atom. The van der Waals surface area contributed by atoms with Gasteiger partial charge >= 0.3 is 5.97 Å². The molecule has 4 N–H and O–H groups in total. The van der Waals surface area contributed by atoms with Crippen molar-refractivity contribution >= 4 is 17.8 Å². The summed E-state index contributed by atoms with van der Waals surface area (Å²) in [5, 5.41) is 22.2. The summed E-state index contributed by atoms with van der Waals surface area (Å²) in [6.07, 6.45) is -0.155. The summed E-state index contributed by atoms with van der Waals surface area (Å²) in [7, 11) is 0. The lowest BCUT2D eigenvalue weighted by Gasteiger charge is -2.33. The Balaban J connectivity index is 2.57. The maximum absolute atomic E-state index is 12.2. The van der Waals surface area contributed by atoms with Crippen LogP contribution >= 0.6 is 0 Å². The minimum atomic E-state index is -1.18. The number of nitrogens with zero attached hydrogens (tertiary/aromatic N) is 1. The van der Waals surface area contributed by atoms with Crippen molar-refractivity contribution in [2.45, 2.75) is 51.8 Å². The van der Waals surface area contributed by atoms with E-state index < -0.39 is 36.0 Å². The summed E-state index contributed by atoms with van der Waals surface area (Å²) in [4.78, 5) is 34.8. The van der Waals surface area contributed by atoms with Crippen LogP contribution in [0.5, 0.6) is 0 Å². The fourth-order valence-electron chi connectivity index (χ4n) is 2.02. The number of aliphatic hydroxyl groups excluding tert-OH is 1. The summed E-state index contributed by atoms with van der Waals surface area (Å²) in [6.45, 7) is 5.27. The van der Waals surface area contributed by atoms with Crippen LogP contribution in [0, 0.1) is 5.92 Å². The molecule has 1 saturated heterocycles. The molecule has 3 atom stereocenters. The zero-order valence-corrected chi connectivity index (χ0v) is 12.5. The molecule has 0 aliphatic carbocycles. The smallest absolute Gasteiger partial charge is 0.322 e. The lowest BCUT2D eigenvalue weighted by Crippen LogP contribution is -2.59. The molecule has 8 heteroatoms. The van der Waals surface area contributed by atoms with Crippen LogP contribution in [0.1, 0.15) is 33.6 Å². The minimum absolute atomic E-state index is 0.253. The van der Waals surface area contributed by atoms with Gasteiger partial charge in [-0.25, -0.2) is 5.43 Å². The minimum Gasteiger partial charge on any atom is -0.480 e. The predicted molar refractivity (Wildman–Crippen MR) is 74.0 cm³/mol. The molecular weight excluding hydrogens is 278 g/mol. The van der Waals surface area contributed by atoms with Crippen LogP contribution in [0.2, 0.25) is 0 Å². The molecule has 0 aromatic heterocycles. The van der Waals surface area contributed by atoms with E-state index in [4.69, 9.17) is 5.11 Å². The fraction of sp³-hybridized carbons (Fsp3) is 0.769. The van der Waals surface area contributed by atoms with Crippen molar-refractivity contribution in [2.24, 2.45) is 5.92 Å². The van der Waals surface area contributed by atoms with Crippen LogP contribution in [-0.2, 0) is 14.4 Å². The highest BCUT2D eigenvalue weighted by molar-refractivity contribution is 5.89. The van der Waals surface area contributed by atoms with Crippen LogP contribution in [-0.4, -0.2) is 57.7 Å². The van der Waals surface area contributed by atoms with E-state index >= 15 is 0 Å². The van der Waals surface area contributed by atoms with Gasteiger partial charge in [-0.2, -0.15) is 0 Å². The molecular formula is C13H23N3O5. The standard InChI is InChI=1S/C13H23N3O5/c1-7(2)10(17)11(18)14-8(3)12(19)16-6-4-5-9(15-16)13(20)21/h7-10,15,17H,4-6H2,1-3H3,(H,14,18)(H,20,21)/t8?,9-,10?/m0/s1. The van der Waals surface area contributed by atoms with Gasteiger partial charge in [0.2, 0.25) is 5.91 Å². The number of carboxylic acid groups (broad SMARTS) is 1. The van der Waals surface area contributed by atoms with Crippen molar-refractivity contribution in [2.75, 3.05) is 6.54 Å². The van der Waals surface area contributed by atoms with Gasteiger partial charge < -0.3 is 15.5 Å². The molecule has 8 nitrogen and oxygen atoms in total. The van der Waals surface area contributed by atoms with Crippen LogP contribution < -0.4 is 10.7 Å². The van der Waals surface area contributed by atoms with E-state index in [1.165, 1.54) is 11.9 Å². The molecule has 1 heterocycles. The van der Waals surface area contributed by atoms with Crippen molar-refractivity contribution in [3.05, 3.63) is 0 Å². The van der Waals surface area contributed by atoms with Gasteiger partial charge in [0.25, 0.3) is 5.91 Å². The van der Waals surface area contributed by atoms with Crippen molar-refractivity contribution < 1.29 is 24.6 Å². The second-order valence-electron chi connectivity index (χ2n) is 5.57. The number of carboxylic acids is 1. The Morgan fingerprint density at radius 2 is 1.90 bits per heavy atom. The second-order valence-corrected chi connectivity index (χ2v) is 5.57. The van der Waals surface area contributed by atoms with E-state index in [-0.39, 0.29) is 5.92 Å². The lowest BCUT2D eigenvalue weighted by atomic mass is 10.1. The number of amides is 2. The first kappa shape index (κ1) is 17.4. The molecule has 0 aromatic rings. The van der Waals surface area contributed by atoms with Crippen molar-refractivity contribution in [1.29, 1.82) is 0 Å². The van der Waals surface area contributed by atoms with Gasteiger partial charge in [-0.05, 0) is 25.7 Å². The van der Waals surface area contributed by atoms with Gasteiger partial charge in [0.05, 0.1) is 0 Å². The van der Waals surface area contributed by atoms with Gasteiger partial charge in [-0.3, -0.25) is 19.4 Å². The first-order chi connectivity index (χ1) is 9.73. The molecule has 1 fully saturated rings. The highest BCUT2D eigenvalue weighted by Crippen LogP contribution is 2.09. The van der Waals surface area contributed by atoms with Crippen LogP contribution in [0.4, 0.5) is 0 Å². The number of rotatable bonds is 5. The molecule has 1 aliphatic heterocycles. The zero-order valence-electron chi connectivity index (χ0n) is 12.5. The summed E-state index contributed by atoms with van der Waals surface area (Å²) in [6, 6.07) is -1.64. The number of hydrogen-bond acceptors (Lipinski definition) is 5. The Kier molecular flexibility index (Phi) is 6.10. The maximum Gasteiger partial charge on any atom is 0.322 e. The van der Waals surface area contributed by atoms with Gasteiger partial charge in [0.1, 0.15) is 18.2 Å². The molecule has 0 spiro atoms. The maximum atomic E-state index is 12.2. The van der Waals surface area contributed by atoms with Gasteiger partial charge in [-0.1, -0.05) is 13.8 Å². The third-order valence-electron chi connectivity index (χ3n) is 3.38. The van der Waals surface area contributed by atoms with Crippen LogP contribution in [0.3, 0.4) is 0 Å². The second kappa shape index (κ2) is 7.37. The number of carbonyl (C=O) groups excluding carboxylic acids is 2. The SMILES string of the molecule is CC(NC(=O)C(O)C(C)C)C(=O)N1CCC[C@@H](C(=O)O)N1. The Hall–Kier alpha value is -1.67. The predicted octanol–water partition coefficient (Wildman–Crippen LogP) is -0.912. The third kappa shape index (κ3) is 4.68. The van der Waals surface area contributed by atoms with E-state index in [1.54, 1.807) is 13.8 Å². The number of aliphatic carboxylic acids is 1. The molecule has 2 amide bonds. The Bertz CT molecular complexity index is 413. The molecule has 1 rings (SSSR count). The Morgan fingerprint density at radius 3 is 2.43 bits per heavy atom. The number of nitrogens with one attached hydrogen (secondary N) is 2. The molecule has 0 bridgehead atoms. The molecule has 21 heavy (non-hydrogen) atoms. The summed E-state index contributed by atoms with van der Waals surface area (Å²) in [5.74, 6) is -2.31. The average Bonchev–Trinajstić information content (AvgIpc) is 2.45. The molecule has 0 saturated carbocycles. The zero-order chi connectivity index (χ0) is 16.2. The number of aliphatic hydroxyl groups is 1. The number of hydrogen-bond donors (Lipinski definition) is 4. The summed E-state index contributed by atoms with van der Waals surface area (Å²) >= 11 is 0. The molecule has 0 radical (unpaired) electrons. The Labute approximate surface area is 123 Å². The molecule has 2 unspecified atom stereocenters. The number of hydrazine groups is 1. The quantitative estimate of drug-likeness (QED) is 0.522. The molecule has 0 aromatic carbocycles. The van der Waals surface area contributed by atoms with Crippen molar-refractivity contribution in [3.8, 4) is 0 Å². The first-order valence-corrected chi connectivity index (χ1v) is 7.02. The monoisotopic (exact) mass is 301 g/mol. The van der Waals surface area contributed by atoms with Gasteiger partial charge in [0, 0.05) is 6.54 Å². The highest BCUT2D eigenvalue weighted by atomic mass is 16.4. The third-order valence-corrected chi connectivity index (χ3v) is 3.38. The van der Waals surface area contributed by atoms with Crippen LogP contribution in [0.25, 0.3) is 0 Å². The first-order valence-electron chi connectivity index (χ1n) is 7.02. The number of carbonyl (C=O) groups is 3. The van der Waals surface area contributed by atoms with Gasteiger partial charge in [0.15, 0.2) is 0 Å². The normalized spacial score (nSPS) is 21.8. The lowest BCUT2D eigenvalue weighted by molar-refractivity contribution is -0.149. The fourth-order valence-corrected chi connectivity index (χ4v) is 2.02. The van der Waals surface area contributed by atoms with Crippen LogP contribution in [0.15, 0.2) is 0 Å². The summed E-state index contributed by atoms with van der Waals surface area (Å²) < 4.78 is 0. The van der Waals surface area contributed by atoms with Crippen molar-refractivity contribution in [1.82, 2.24) is 15.8 Å². The van der Waals surface area contributed by atoms with E-state index in [1.807, 2.05) is 0 Å². The molecule has 1 aliphatic rings. The van der Waals surface area contributed by atoms with E-state index in [0.29, 0.717) is 19.4 Å². The molecule has 120 valence electrons. The van der Waals surface area contributed by atoms with E-state index in [2.05, 4.69) is 10.7 Å². The van der Waals surface area contributed by atoms with E-state index in [9.17, 15) is 19.5 Å². The largest absolute Gasteiger partial charge is 0.480 e.